The van der Waals surface area contributed by atoms with Crippen molar-refractivity contribution >= 4 is 33.2 Å². The van der Waals surface area contributed by atoms with Gasteiger partial charge in [0.25, 0.3) is 0 Å². The summed E-state index contributed by atoms with van der Waals surface area (Å²) in [5.41, 5.74) is 0.526. The molecule has 1 saturated heterocycles. The molecular formula is C27H24ClF2N3O4S. The van der Waals surface area contributed by atoms with Gasteiger partial charge < -0.3 is 14.5 Å². The van der Waals surface area contributed by atoms with Gasteiger partial charge in [0, 0.05) is 54.8 Å². The number of nitrogens with zero attached hydrogens (tertiary/aromatic N) is 3. The number of pyridine rings is 1. The molecule has 11 heteroatoms. The summed E-state index contributed by atoms with van der Waals surface area (Å²) in [6, 6.07) is 11.5. The van der Waals surface area contributed by atoms with E-state index in [1.165, 1.54) is 29.2 Å². The van der Waals surface area contributed by atoms with E-state index in [-0.39, 0.29) is 4.90 Å². The van der Waals surface area contributed by atoms with Crippen molar-refractivity contribution in [1.29, 1.82) is 0 Å². The summed E-state index contributed by atoms with van der Waals surface area (Å²) in [5.74, 6) is -0.781. The van der Waals surface area contributed by atoms with Gasteiger partial charge in [0.05, 0.1) is 10.8 Å². The number of hydrogen-bond donors (Lipinski definition) is 0. The van der Waals surface area contributed by atoms with Crippen LogP contribution in [0.4, 0.5) is 19.3 Å². The minimum absolute atomic E-state index is 0.186. The number of aromatic nitrogens is 1. The number of benzene rings is 2. The normalized spacial score (nSPS) is 15.4. The smallest absolute Gasteiger partial charge is 0.409 e. The summed E-state index contributed by atoms with van der Waals surface area (Å²) >= 11 is 5.89. The first-order valence-corrected chi connectivity index (χ1v) is 13.6. The van der Waals surface area contributed by atoms with E-state index in [2.05, 4.69) is 15.8 Å². The first-order chi connectivity index (χ1) is 18.2. The number of rotatable bonds is 7. The van der Waals surface area contributed by atoms with Crippen molar-refractivity contribution in [1.82, 2.24) is 9.88 Å². The molecule has 38 heavy (non-hydrogen) atoms. The largest absolute Gasteiger partial charge is 0.448 e. The van der Waals surface area contributed by atoms with Crippen LogP contribution in [0.5, 0.6) is 0 Å². The lowest BCUT2D eigenvalue weighted by atomic mass is 9.99. The highest BCUT2D eigenvalue weighted by molar-refractivity contribution is 7.91. The molecule has 0 N–H and O–H groups in total. The third kappa shape index (κ3) is 6.06. The van der Waals surface area contributed by atoms with Gasteiger partial charge >= 0.3 is 6.09 Å². The maximum Gasteiger partial charge on any atom is 0.409 e. The second-order valence-electron chi connectivity index (χ2n) is 8.61. The third-order valence-electron chi connectivity index (χ3n) is 6.27. The third-order valence-corrected chi connectivity index (χ3v) is 8.70. The van der Waals surface area contributed by atoms with Crippen molar-refractivity contribution in [2.24, 2.45) is 5.92 Å². The van der Waals surface area contributed by atoms with Crippen LogP contribution < -0.4 is 4.90 Å². The van der Waals surface area contributed by atoms with Crippen molar-refractivity contribution in [2.75, 3.05) is 37.7 Å². The number of piperazine rings is 1. The Bertz CT molecular complexity index is 1420. The highest BCUT2D eigenvalue weighted by atomic mass is 35.5. The summed E-state index contributed by atoms with van der Waals surface area (Å²) in [6.07, 6.45) is 8.37. The zero-order valence-electron chi connectivity index (χ0n) is 20.1. The Hall–Kier alpha value is -3.68. The topological polar surface area (TPSA) is 79.8 Å². The lowest BCUT2D eigenvalue weighted by molar-refractivity contribution is 0.0915. The number of ether oxygens (including phenoxy) is 1. The molecule has 0 radical (unpaired) electrons. The van der Waals surface area contributed by atoms with E-state index in [9.17, 15) is 22.0 Å². The van der Waals surface area contributed by atoms with Crippen molar-refractivity contribution in [3.05, 3.63) is 89.2 Å². The summed E-state index contributed by atoms with van der Waals surface area (Å²) in [4.78, 5) is 20.2. The molecule has 1 fully saturated rings. The number of amides is 1. The van der Waals surface area contributed by atoms with E-state index in [4.69, 9.17) is 22.8 Å². The van der Waals surface area contributed by atoms with Crippen molar-refractivity contribution < 1.29 is 26.7 Å². The van der Waals surface area contributed by atoms with Crippen LogP contribution in [-0.2, 0) is 14.6 Å². The van der Waals surface area contributed by atoms with E-state index in [0.29, 0.717) is 31.2 Å². The number of hydrogen-bond acceptors (Lipinski definition) is 6. The van der Waals surface area contributed by atoms with Crippen LogP contribution >= 0.6 is 11.6 Å². The Morgan fingerprint density at radius 3 is 2.34 bits per heavy atom. The zero-order chi connectivity index (χ0) is 27.3. The first kappa shape index (κ1) is 27.4. The van der Waals surface area contributed by atoms with E-state index < -0.39 is 50.9 Å². The fourth-order valence-corrected chi connectivity index (χ4v) is 6.32. The molecular weight excluding hydrogens is 536 g/mol. The molecule has 4 rings (SSSR count). The molecule has 0 aliphatic carbocycles. The minimum atomic E-state index is -4.36. The van der Waals surface area contributed by atoms with Crippen LogP contribution in [0.25, 0.3) is 0 Å². The van der Waals surface area contributed by atoms with Gasteiger partial charge in [-0.15, -0.1) is 6.42 Å². The molecule has 2 heterocycles. The molecule has 3 aromatic rings. The minimum Gasteiger partial charge on any atom is -0.448 e. The molecule has 0 saturated carbocycles. The average Bonchev–Trinajstić information content (AvgIpc) is 2.93. The van der Waals surface area contributed by atoms with Gasteiger partial charge in [0.2, 0.25) is 0 Å². The molecule has 2 atom stereocenters. The fraction of sp³-hybridized carbons (Fsp3) is 0.259. The quantitative estimate of drug-likeness (QED) is 0.389. The Kier molecular flexibility index (Phi) is 8.49. The second kappa shape index (κ2) is 11.8. The SMILES string of the molecule is C#C[C@H](COC(=O)N1CCN(c2ccncc2)CC1)[C@@H](c1cc(F)ccc1F)S(=O)(=O)c1ccc(Cl)cc1. The van der Waals surface area contributed by atoms with Crippen LogP contribution in [0.1, 0.15) is 10.8 Å². The lowest BCUT2D eigenvalue weighted by Gasteiger charge is -2.35. The van der Waals surface area contributed by atoms with Crippen molar-refractivity contribution in [3.8, 4) is 12.3 Å². The van der Waals surface area contributed by atoms with Crippen molar-refractivity contribution in [3.63, 3.8) is 0 Å². The van der Waals surface area contributed by atoms with Gasteiger partial charge in [0.1, 0.15) is 23.5 Å². The molecule has 1 amide bonds. The highest BCUT2D eigenvalue weighted by Gasteiger charge is 2.38. The molecule has 0 unspecified atom stereocenters. The van der Waals surface area contributed by atoms with Crippen LogP contribution in [0, 0.1) is 29.9 Å². The lowest BCUT2D eigenvalue weighted by Crippen LogP contribution is -2.49. The summed E-state index contributed by atoms with van der Waals surface area (Å²) in [6.45, 7) is 1.33. The van der Waals surface area contributed by atoms with Crippen LogP contribution in [0.15, 0.2) is 71.9 Å². The monoisotopic (exact) mass is 559 g/mol. The molecule has 2 aromatic carbocycles. The van der Waals surface area contributed by atoms with Gasteiger partial charge in [0.15, 0.2) is 9.84 Å². The first-order valence-electron chi connectivity index (χ1n) is 11.7. The Balaban J connectivity index is 1.53. The predicted octanol–water partition coefficient (Wildman–Crippen LogP) is 4.74. The van der Waals surface area contributed by atoms with Crippen LogP contribution in [0.3, 0.4) is 0 Å². The highest BCUT2D eigenvalue weighted by Crippen LogP contribution is 2.37. The van der Waals surface area contributed by atoms with Crippen LogP contribution in [-0.4, -0.2) is 57.2 Å². The number of anilines is 1. The molecule has 0 spiro atoms. The maximum atomic E-state index is 14.8. The average molecular weight is 560 g/mol. The van der Waals surface area contributed by atoms with E-state index in [1.807, 2.05) is 12.1 Å². The van der Waals surface area contributed by atoms with Gasteiger partial charge in [-0.2, -0.15) is 0 Å². The standard InChI is InChI=1S/C27H24ClF2N3O4S/c1-2-19(18-37-27(34)33-15-13-32(14-16-33)22-9-11-31-12-10-22)26(24-17-21(29)5-8-25(24)30)38(35,36)23-6-3-20(28)4-7-23/h1,3-12,17,19,26H,13-16,18H2/t19-,26+/m1/s1. The van der Waals surface area contributed by atoms with Gasteiger partial charge in [-0.25, -0.2) is 22.0 Å². The van der Waals surface area contributed by atoms with Gasteiger partial charge in [-0.05, 0) is 54.6 Å². The summed E-state index contributed by atoms with van der Waals surface area (Å²) in [5, 5.41) is -1.43. The van der Waals surface area contributed by atoms with E-state index >= 15 is 0 Å². The zero-order valence-corrected chi connectivity index (χ0v) is 21.7. The summed E-state index contributed by atoms with van der Waals surface area (Å²) in [7, 11) is -4.36. The predicted molar refractivity (Wildman–Crippen MR) is 139 cm³/mol. The number of carbonyl (C=O) groups excluding carboxylic acids is 1. The molecule has 1 aromatic heterocycles. The molecule has 7 nitrogen and oxygen atoms in total. The number of terminal acetylenes is 1. The Morgan fingerprint density at radius 1 is 1.05 bits per heavy atom. The second-order valence-corrected chi connectivity index (χ2v) is 11.1. The number of carbonyl (C=O) groups is 1. The number of halogens is 3. The number of sulfone groups is 1. The van der Waals surface area contributed by atoms with E-state index in [0.717, 1.165) is 23.9 Å². The fourth-order valence-electron chi connectivity index (χ4n) is 4.28. The van der Waals surface area contributed by atoms with Gasteiger partial charge in [-0.3, -0.25) is 4.98 Å². The van der Waals surface area contributed by atoms with E-state index in [1.54, 1.807) is 12.4 Å². The summed E-state index contributed by atoms with van der Waals surface area (Å²) < 4.78 is 61.6. The molecule has 0 bridgehead atoms. The van der Waals surface area contributed by atoms with Gasteiger partial charge in [-0.1, -0.05) is 17.5 Å². The maximum absolute atomic E-state index is 14.8. The Labute approximate surface area is 224 Å². The van der Waals surface area contributed by atoms with Crippen molar-refractivity contribution in [2.45, 2.75) is 10.1 Å². The molecule has 198 valence electrons. The molecule has 1 aliphatic heterocycles. The van der Waals surface area contributed by atoms with Crippen LogP contribution in [0.2, 0.25) is 5.02 Å². The molecule has 1 aliphatic rings. The Morgan fingerprint density at radius 2 is 1.71 bits per heavy atom.